The van der Waals surface area contributed by atoms with E-state index >= 15 is 8.78 Å². The number of hydrogen-bond donors (Lipinski definition) is 3. The minimum absolute atomic E-state index is 0.00311. The van der Waals surface area contributed by atoms with Gasteiger partial charge in [-0.2, -0.15) is 49.6 Å². The van der Waals surface area contributed by atoms with Crippen molar-refractivity contribution in [2.45, 2.75) is 88.3 Å². The van der Waals surface area contributed by atoms with Gasteiger partial charge >= 0.3 is 26.2 Å². The largest absolute Gasteiger partial charge is 0.469 e. The van der Waals surface area contributed by atoms with Crippen LogP contribution in [0, 0.1) is 17.6 Å². The number of alkyl halides is 8. The SMILES string of the molecule is C=C[C@@H]1Cc2c(C(F)(F)F)nn(CC(=O)N[C@@H](Cc3cc(F)cc(F)c3)c3nc(CCC(C)(C)S(C)(=O)=O)ccc3-c3ccc(Cl)c4c(N(C(=O)N(C)c5ncccc5COP(=O)(O)O)S(C)(=O)=O)nn(CC(F)(F)F)c34)c2C1(F)F. The molecule has 438 valence electrons. The van der Waals surface area contributed by atoms with Crippen LogP contribution >= 0.6 is 19.4 Å². The number of nitrogens with one attached hydrogen (secondary N) is 1. The van der Waals surface area contributed by atoms with Gasteiger partial charge in [-0.15, -0.1) is 6.58 Å². The number of rotatable bonds is 19. The van der Waals surface area contributed by atoms with Crippen molar-refractivity contribution >= 4 is 73.8 Å². The Balaban J connectivity index is 1.48. The van der Waals surface area contributed by atoms with Crippen LogP contribution in [0.3, 0.4) is 0 Å². The van der Waals surface area contributed by atoms with Crippen LogP contribution in [0.4, 0.5) is 60.3 Å². The molecule has 2 atom stereocenters. The average molecular weight is 1230 g/mol. The molecule has 0 unspecified atom stereocenters. The smallest absolute Gasteiger partial charge is 0.346 e. The van der Waals surface area contributed by atoms with Gasteiger partial charge in [0.25, 0.3) is 5.92 Å². The zero-order chi connectivity index (χ0) is 60.3. The summed E-state index contributed by atoms with van der Waals surface area (Å²) >= 11 is 6.74. The summed E-state index contributed by atoms with van der Waals surface area (Å²) in [6, 6.07) is 5.68. The molecule has 0 radical (unpaired) electrons. The lowest BCUT2D eigenvalue weighted by atomic mass is 9.93. The van der Waals surface area contributed by atoms with Gasteiger partial charge in [-0.05, 0) is 75.4 Å². The van der Waals surface area contributed by atoms with Gasteiger partial charge in [-0.1, -0.05) is 35.9 Å². The Morgan fingerprint density at radius 1 is 0.975 bits per heavy atom. The first kappa shape index (κ1) is 62.1. The number of anilines is 2. The Kier molecular flexibility index (Phi) is 17.1. The lowest BCUT2D eigenvalue weighted by Gasteiger charge is -2.26. The van der Waals surface area contributed by atoms with E-state index in [0.29, 0.717) is 17.2 Å². The van der Waals surface area contributed by atoms with E-state index < -0.39 is 175 Å². The summed E-state index contributed by atoms with van der Waals surface area (Å²) in [7, 11) is -13.0. The predicted octanol–water partition coefficient (Wildman–Crippen LogP) is 9.14. The molecule has 81 heavy (non-hydrogen) atoms. The maximum Gasteiger partial charge on any atom is 0.469 e. The normalized spacial score (nSPS) is 15.4. The van der Waals surface area contributed by atoms with Gasteiger partial charge in [0.1, 0.15) is 36.2 Å². The summed E-state index contributed by atoms with van der Waals surface area (Å²) in [6.07, 6.45) is -9.25. The van der Waals surface area contributed by atoms with Gasteiger partial charge in [-0.3, -0.25) is 28.6 Å². The molecule has 4 heterocycles. The molecule has 19 nitrogen and oxygen atoms in total. The number of carbonyl (C=O) groups excluding carboxylic acids is 2. The molecule has 0 bridgehead atoms. The van der Waals surface area contributed by atoms with Gasteiger partial charge < -0.3 is 15.1 Å². The van der Waals surface area contributed by atoms with Crippen LogP contribution in [0.15, 0.2) is 73.4 Å². The predicted molar refractivity (Wildman–Crippen MR) is 273 cm³/mol. The first-order valence-corrected chi connectivity index (χ1v) is 29.2. The Labute approximate surface area is 459 Å². The number of sulfone groups is 1. The topological polar surface area (TPSA) is 249 Å². The minimum atomic E-state index is -5.30. The zero-order valence-electron chi connectivity index (χ0n) is 42.8. The van der Waals surface area contributed by atoms with Crippen molar-refractivity contribution in [3.63, 3.8) is 0 Å². The van der Waals surface area contributed by atoms with Crippen LogP contribution in [-0.4, -0.2) is 98.6 Å². The van der Waals surface area contributed by atoms with Gasteiger partial charge in [0.2, 0.25) is 15.9 Å². The fourth-order valence-electron chi connectivity index (χ4n) is 9.00. The Morgan fingerprint density at radius 2 is 1.62 bits per heavy atom. The van der Waals surface area contributed by atoms with Crippen molar-refractivity contribution in [2.24, 2.45) is 5.92 Å². The number of allylic oxidation sites excluding steroid dienone is 1. The Morgan fingerprint density at radius 3 is 2.20 bits per heavy atom. The molecule has 0 spiro atoms. The number of urea groups is 1. The summed E-state index contributed by atoms with van der Waals surface area (Å²) in [6.45, 7) is 1.73. The maximum absolute atomic E-state index is 15.8. The number of hydrogen-bond acceptors (Lipinski definition) is 12. The number of benzene rings is 2. The molecule has 1 aliphatic rings. The second kappa shape index (κ2) is 22.3. The molecular weight excluding hydrogens is 1180 g/mol. The number of sulfonamides is 1. The number of fused-ring (bicyclic) bond motifs is 2. The van der Waals surface area contributed by atoms with Gasteiger partial charge in [0.05, 0.1) is 51.2 Å². The molecule has 6 aromatic rings. The quantitative estimate of drug-likeness (QED) is 0.0389. The van der Waals surface area contributed by atoms with Crippen molar-refractivity contribution in [3.8, 4) is 11.1 Å². The summed E-state index contributed by atoms with van der Waals surface area (Å²) in [5, 5.41) is 8.53. The summed E-state index contributed by atoms with van der Waals surface area (Å²) in [4.78, 5) is 56.8. The van der Waals surface area contributed by atoms with Crippen LogP contribution in [0.2, 0.25) is 5.02 Å². The standard InChI is InChI=1S/C48H47ClF10N9O10PS2/c1-7-27-20-33-40(48(57,58)59)63-66(41(33)47(27,55)56)22-36(69)62-35(19-25-17-28(50)21-29(51)18-25)38-31(11-10-30(61-38)14-15-45(2,3)80(5,74)75)32-12-13-34(49)37-39(32)67(24-46(52,53)54)64-43(37)68(81(6,76)77)44(70)65(4)42-26(9-8-16-60-42)23-78-79(71,72)73/h7-13,16-18,21,27,35H,1,14-15,19-20,22-24H2,2-6H3,(H,62,69)(H2,71,72,73)/t27-,35+/m1/s1. The molecule has 0 fully saturated rings. The third kappa shape index (κ3) is 13.6. The molecule has 0 saturated heterocycles. The second-order valence-electron chi connectivity index (χ2n) is 19.4. The maximum atomic E-state index is 15.8. The third-order valence-electron chi connectivity index (χ3n) is 13.1. The highest BCUT2D eigenvalue weighted by molar-refractivity contribution is 7.93. The highest BCUT2D eigenvalue weighted by Crippen LogP contribution is 2.50. The number of halogens is 11. The second-order valence-corrected chi connectivity index (χ2v) is 25.5. The summed E-state index contributed by atoms with van der Waals surface area (Å²) in [5.74, 6) is -11.2. The number of carbonyl (C=O) groups is 2. The van der Waals surface area contributed by atoms with E-state index in [9.17, 15) is 75.9 Å². The van der Waals surface area contributed by atoms with Crippen molar-refractivity contribution in [2.75, 3.05) is 28.8 Å². The van der Waals surface area contributed by atoms with Crippen molar-refractivity contribution in [1.29, 1.82) is 0 Å². The molecule has 0 aliphatic heterocycles. The summed E-state index contributed by atoms with van der Waals surface area (Å²) < 4.78 is 217. The van der Waals surface area contributed by atoms with Gasteiger partial charge in [-0.25, -0.2) is 40.0 Å². The number of amides is 3. The molecule has 4 aromatic heterocycles. The monoisotopic (exact) mass is 1230 g/mol. The number of phosphoric ester groups is 1. The molecule has 0 saturated carbocycles. The van der Waals surface area contributed by atoms with Crippen LogP contribution in [0.25, 0.3) is 22.0 Å². The lowest BCUT2D eigenvalue weighted by Crippen LogP contribution is -2.45. The molecule has 3 amide bonds. The van der Waals surface area contributed by atoms with Crippen molar-refractivity contribution in [3.05, 3.63) is 130 Å². The zero-order valence-corrected chi connectivity index (χ0v) is 46.1. The minimum Gasteiger partial charge on any atom is -0.346 e. The average Bonchev–Trinajstić information content (AvgIpc) is 4.20. The summed E-state index contributed by atoms with van der Waals surface area (Å²) in [5.41, 5.74) is -6.27. The van der Waals surface area contributed by atoms with E-state index in [1.165, 1.54) is 38.1 Å². The Bertz CT molecular complexity index is 3740. The lowest BCUT2D eigenvalue weighted by molar-refractivity contribution is -0.143. The number of pyridine rings is 2. The van der Waals surface area contributed by atoms with Crippen LogP contribution in [0.1, 0.15) is 65.8 Å². The third-order valence-corrected chi connectivity index (χ3v) is 17.1. The van der Waals surface area contributed by atoms with Gasteiger partial charge in [0.15, 0.2) is 21.3 Å². The molecular formula is C48H47ClF10N9O10PS2. The number of aromatic nitrogens is 6. The molecule has 7 rings (SSSR count). The highest BCUT2D eigenvalue weighted by Gasteiger charge is 2.55. The highest BCUT2D eigenvalue weighted by atomic mass is 35.5. The first-order chi connectivity index (χ1) is 37.2. The van der Waals surface area contributed by atoms with Crippen LogP contribution in [-0.2, 0) is 84.8 Å². The van der Waals surface area contributed by atoms with E-state index in [1.54, 1.807) is 0 Å². The van der Waals surface area contributed by atoms with E-state index in [-0.39, 0.29) is 48.9 Å². The fraction of sp³-hybridized carbons (Fsp3) is 0.375. The van der Waals surface area contributed by atoms with E-state index in [4.69, 9.17) is 16.6 Å². The van der Waals surface area contributed by atoms with E-state index in [2.05, 4.69) is 31.6 Å². The number of aryl methyl sites for hydroxylation is 1. The number of nitrogens with zero attached hydrogens (tertiary/aromatic N) is 8. The Hall–Kier alpha value is -6.50. The number of phosphoric acid groups is 1. The first-order valence-electron chi connectivity index (χ1n) is 23.5. The molecule has 1 aliphatic carbocycles. The van der Waals surface area contributed by atoms with E-state index in [1.807, 2.05) is 0 Å². The van der Waals surface area contributed by atoms with Crippen LogP contribution in [0.5, 0.6) is 0 Å². The molecule has 2 aromatic carbocycles. The van der Waals surface area contributed by atoms with Crippen molar-refractivity contribution < 1.29 is 89.2 Å². The van der Waals surface area contributed by atoms with Gasteiger partial charge in [0, 0.05) is 53.5 Å². The molecule has 33 heteroatoms. The van der Waals surface area contributed by atoms with Crippen molar-refractivity contribution in [1.82, 2.24) is 34.8 Å². The fourth-order valence-corrected chi connectivity index (χ4v) is 10.9. The van der Waals surface area contributed by atoms with Crippen LogP contribution < -0.4 is 14.5 Å². The molecule has 3 N–H and O–H groups in total. The van der Waals surface area contributed by atoms with E-state index in [0.717, 1.165) is 49.8 Å².